The summed E-state index contributed by atoms with van der Waals surface area (Å²) in [4.78, 5) is 24.9. The summed E-state index contributed by atoms with van der Waals surface area (Å²) in [5.41, 5.74) is 0.618. The van der Waals surface area contributed by atoms with Crippen LogP contribution in [0.4, 0.5) is 10.5 Å². The fourth-order valence-corrected chi connectivity index (χ4v) is 2.27. The van der Waals surface area contributed by atoms with Crippen molar-refractivity contribution < 1.29 is 24.2 Å². The van der Waals surface area contributed by atoms with E-state index in [0.29, 0.717) is 11.4 Å². The Balaban J connectivity index is 2.40. The zero-order valence-corrected chi connectivity index (χ0v) is 12.5. The molecular weight excluding hydrogens is 274 g/mol. The summed E-state index contributed by atoms with van der Waals surface area (Å²) >= 11 is 0. The van der Waals surface area contributed by atoms with Gasteiger partial charge in [-0.05, 0) is 32.4 Å². The first-order chi connectivity index (χ1) is 9.73. The van der Waals surface area contributed by atoms with E-state index < -0.39 is 23.7 Å². The molecule has 0 aliphatic carbocycles. The highest BCUT2D eigenvalue weighted by molar-refractivity contribution is 5.98. The van der Waals surface area contributed by atoms with Crippen molar-refractivity contribution in [3.05, 3.63) is 23.8 Å². The van der Waals surface area contributed by atoms with Crippen molar-refractivity contribution in [3.8, 4) is 5.75 Å². The molecule has 6 nitrogen and oxygen atoms in total. The number of fused-ring (bicyclic) bond motifs is 1. The maximum atomic E-state index is 12.3. The lowest BCUT2D eigenvalue weighted by Crippen LogP contribution is -2.45. The van der Waals surface area contributed by atoms with Gasteiger partial charge in [0.05, 0.1) is 12.8 Å². The minimum absolute atomic E-state index is 0.258. The van der Waals surface area contributed by atoms with Crippen LogP contribution in [0.3, 0.4) is 0 Å². The number of carboxylic acid groups (broad SMARTS) is 1. The third kappa shape index (κ3) is 3.09. The smallest absolute Gasteiger partial charge is 0.415 e. The van der Waals surface area contributed by atoms with Gasteiger partial charge >= 0.3 is 12.1 Å². The van der Waals surface area contributed by atoms with Crippen molar-refractivity contribution in [2.75, 3.05) is 12.0 Å². The summed E-state index contributed by atoms with van der Waals surface area (Å²) in [6, 6.07) is 4.22. The molecule has 1 aliphatic rings. The molecule has 1 N–H and O–H groups in total. The lowest BCUT2D eigenvalue weighted by atomic mass is 10.1. The van der Waals surface area contributed by atoms with Gasteiger partial charge in [-0.15, -0.1) is 0 Å². The molecule has 0 saturated heterocycles. The van der Waals surface area contributed by atoms with Gasteiger partial charge in [0.15, 0.2) is 0 Å². The Morgan fingerprint density at radius 3 is 2.52 bits per heavy atom. The first kappa shape index (κ1) is 15.2. The second-order valence-electron chi connectivity index (χ2n) is 5.90. The van der Waals surface area contributed by atoms with Crippen LogP contribution in [0.5, 0.6) is 5.75 Å². The quantitative estimate of drug-likeness (QED) is 0.906. The Hall–Kier alpha value is -2.24. The largest absolute Gasteiger partial charge is 0.497 e. The average molecular weight is 293 g/mol. The highest BCUT2D eigenvalue weighted by Crippen LogP contribution is 2.36. The SMILES string of the molecule is COc1ccc2c(c1)N(C(=O)OC(C)(C)C)C(C(=O)O)C2. The van der Waals surface area contributed by atoms with Crippen molar-refractivity contribution in [2.45, 2.75) is 38.8 Å². The maximum absolute atomic E-state index is 12.3. The fraction of sp³-hybridized carbons (Fsp3) is 0.467. The van der Waals surface area contributed by atoms with Gasteiger partial charge in [-0.3, -0.25) is 4.90 Å². The molecule has 0 saturated carbocycles. The molecule has 1 aliphatic heterocycles. The van der Waals surface area contributed by atoms with E-state index in [1.54, 1.807) is 39.0 Å². The van der Waals surface area contributed by atoms with Crippen LogP contribution in [0.1, 0.15) is 26.3 Å². The molecule has 1 amide bonds. The Morgan fingerprint density at radius 1 is 1.33 bits per heavy atom. The van der Waals surface area contributed by atoms with Gasteiger partial charge in [-0.2, -0.15) is 0 Å². The lowest BCUT2D eigenvalue weighted by Gasteiger charge is -2.27. The molecule has 1 aromatic carbocycles. The number of hydrogen-bond acceptors (Lipinski definition) is 4. The Labute approximate surface area is 123 Å². The second-order valence-corrected chi connectivity index (χ2v) is 5.90. The van der Waals surface area contributed by atoms with Crippen molar-refractivity contribution in [2.24, 2.45) is 0 Å². The molecule has 0 aromatic heterocycles. The van der Waals surface area contributed by atoms with Crippen LogP contribution >= 0.6 is 0 Å². The number of carbonyl (C=O) groups is 2. The summed E-state index contributed by atoms with van der Waals surface area (Å²) in [5, 5.41) is 9.35. The average Bonchev–Trinajstić information content (AvgIpc) is 2.74. The topological polar surface area (TPSA) is 76.1 Å². The van der Waals surface area contributed by atoms with Crippen LogP contribution < -0.4 is 9.64 Å². The third-order valence-electron chi connectivity index (χ3n) is 3.15. The summed E-state index contributed by atoms with van der Waals surface area (Å²) in [5.74, 6) is -0.496. The predicted octanol–water partition coefficient (Wildman–Crippen LogP) is 2.45. The number of amides is 1. The predicted molar refractivity (Wildman–Crippen MR) is 76.8 cm³/mol. The minimum Gasteiger partial charge on any atom is -0.497 e. The van der Waals surface area contributed by atoms with E-state index in [1.807, 2.05) is 0 Å². The first-order valence-electron chi connectivity index (χ1n) is 6.65. The Morgan fingerprint density at radius 2 is 2.00 bits per heavy atom. The molecule has 1 heterocycles. The molecule has 1 aromatic rings. The summed E-state index contributed by atoms with van der Waals surface area (Å²) < 4.78 is 10.5. The van der Waals surface area contributed by atoms with Crippen LogP contribution in [0.15, 0.2) is 18.2 Å². The van der Waals surface area contributed by atoms with Crippen LogP contribution in [-0.4, -0.2) is 35.9 Å². The first-order valence-corrected chi connectivity index (χ1v) is 6.65. The number of aliphatic carboxylic acids is 1. The maximum Gasteiger partial charge on any atom is 0.415 e. The van der Waals surface area contributed by atoms with E-state index in [-0.39, 0.29) is 6.42 Å². The van der Waals surface area contributed by atoms with E-state index in [9.17, 15) is 14.7 Å². The normalized spacial score (nSPS) is 17.3. The van der Waals surface area contributed by atoms with E-state index in [4.69, 9.17) is 9.47 Å². The highest BCUT2D eigenvalue weighted by Gasteiger charge is 2.40. The van der Waals surface area contributed by atoms with Crippen LogP contribution in [0.25, 0.3) is 0 Å². The molecule has 0 radical (unpaired) electrons. The number of carbonyl (C=O) groups excluding carboxylic acids is 1. The van der Waals surface area contributed by atoms with Gasteiger partial charge in [0, 0.05) is 12.5 Å². The van der Waals surface area contributed by atoms with Crippen molar-refractivity contribution in [1.82, 2.24) is 0 Å². The third-order valence-corrected chi connectivity index (χ3v) is 3.15. The zero-order chi connectivity index (χ0) is 15.8. The summed E-state index contributed by atoms with van der Waals surface area (Å²) in [6.07, 6.45) is -0.407. The van der Waals surface area contributed by atoms with Crippen LogP contribution in [0, 0.1) is 0 Å². The molecule has 114 valence electrons. The van der Waals surface area contributed by atoms with Crippen molar-refractivity contribution in [3.63, 3.8) is 0 Å². The number of hydrogen-bond donors (Lipinski definition) is 1. The van der Waals surface area contributed by atoms with Gasteiger partial charge in [0.2, 0.25) is 0 Å². The zero-order valence-electron chi connectivity index (χ0n) is 12.5. The van der Waals surface area contributed by atoms with Crippen LogP contribution in [0.2, 0.25) is 0 Å². The number of methoxy groups -OCH3 is 1. The van der Waals surface area contributed by atoms with Gasteiger partial charge in [0.1, 0.15) is 17.4 Å². The van der Waals surface area contributed by atoms with Gasteiger partial charge in [0.25, 0.3) is 0 Å². The summed E-state index contributed by atoms with van der Waals surface area (Å²) in [6.45, 7) is 5.22. The molecule has 0 bridgehead atoms. The number of carboxylic acids is 1. The Bertz CT molecular complexity index is 576. The van der Waals surface area contributed by atoms with Crippen molar-refractivity contribution >= 4 is 17.7 Å². The molecule has 0 fully saturated rings. The highest BCUT2D eigenvalue weighted by atomic mass is 16.6. The summed E-state index contributed by atoms with van der Waals surface area (Å²) in [7, 11) is 1.52. The minimum atomic E-state index is -1.06. The monoisotopic (exact) mass is 293 g/mol. The van der Waals surface area contributed by atoms with Gasteiger partial charge < -0.3 is 14.6 Å². The van der Waals surface area contributed by atoms with Crippen molar-refractivity contribution in [1.29, 1.82) is 0 Å². The molecule has 21 heavy (non-hydrogen) atoms. The standard InChI is InChI=1S/C15H19NO5/c1-15(2,3)21-14(19)16-11-8-10(20-4)6-5-9(11)7-12(16)13(17)18/h5-6,8,12H,7H2,1-4H3,(H,17,18). The molecular formula is C15H19NO5. The van der Waals surface area contributed by atoms with Crippen LogP contribution in [-0.2, 0) is 16.0 Å². The van der Waals surface area contributed by atoms with Gasteiger partial charge in [-0.1, -0.05) is 6.07 Å². The number of ether oxygens (including phenoxy) is 2. The van der Waals surface area contributed by atoms with E-state index in [0.717, 1.165) is 5.56 Å². The molecule has 1 atom stereocenters. The molecule has 1 unspecified atom stereocenters. The Kier molecular flexibility index (Phi) is 3.80. The van der Waals surface area contributed by atoms with E-state index >= 15 is 0 Å². The van der Waals surface area contributed by atoms with Gasteiger partial charge in [-0.25, -0.2) is 9.59 Å². The molecule has 2 rings (SSSR count). The number of nitrogens with zero attached hydrogens (tertiary/aromatic N) is 1. The number of rotatable bonds is 2. The van der Waals surface area contributed by atoms with E-state index in [2.05, 4.69) is 0 Å². The lowest BCUT2D eigenvalue weighted by molar-refractivity contribution is -0.138. The molecule has 6 heteroatoms. The fourth-order valence-electron chi connectivity index (χ4n) is 2.27. The number of benzene rings is 1. The number of anilines is 1. The molecule has 0 spiro atoms. The second kappa shape index (κ2) is 5.27. The van der Waals surface area contributed by atoms with E-state index in [1.165, 1.54) is 12.0 Å².